The minimum Gasteiger partial charge on any atom is -0.350 e. The molecule has 0 bridgehead atoms. The van der Waals surface area contributed by atoms with E-state index in [0.29, 0.717) is 32.2 Å². The predicted octanol–water partition coefficient (Wildman–Crippen LogP) is 2.19. The average Bonchev–Trinajstić information content (AvgIpc) is 3.04. The molecule has 0 aromatic heterocycles. The van der Waals surface area contributed by atoms with Crippen LogP contribution in [0.25, 0.3) is 0 Å². The van der Waals surface area contributed by atoms with Crippen LogP contribution in [0.1, 0.15) is 23.2 Å². The molecule has 6 heteroatoms. The summed E-state index contributed by atoms with van der Waals surface area (Å²) in [7, 11) is 0. The summed E-state index contributed by atoms with van der Waals surface area (Å²) in [5.41, 5.74) is 0.181. The van der Waals surface area contributed by atoms with Gasteiger partial charge in [-0.3, -0.25) is 4.79 Å². The Morgan fingerprint density at radius 3 is 2.38 bits per heavy atom. The second-order valence-corrected chi connectivity index (χ2v) is 5.37. The highest BCUT2D eigenvalue weighted by Crippen LogP contribution is 2.26. The van der Waals surface area contributed by atoms with Crippen LogP contribution in [0, 0.1) is 17.6 Å². The van der Waals surface area contributed by atoms with Crippen LogP contribution < -0.4 is 0 Å². The molecule has 0 atom stereocenters. The summed E-state index contributed by atoms with van der Waals surface area (Å²) in [4.78, 5) is 13.9. The largest absolute Gasteiger partial charge is 0.350 e. The van der Waals surface area contributed by atoms with E-state index in [9.17, 15) is 13.6 Å². The molecule has 2 fully saturated rings. The number of hydrogen-bond donors (Lipinski definition) is 0. The molecule has 1 aromatic rings. The van der Waals surface area contributed by atoms with Gasteiger partial charge < -0.3 is 14.4 Å². The van der Waals surface area contributed by atoms with Gasteiger partial charge in [-0.2, -0.15) is 0 Å². The number of amides is 1. The van der Waals surface area contributed by atoms with Crippen molar-refractivity contribution in [3.05, 3.63) is 35.4 Å². The van der Waals surface area contributed by atoms with Gasteiger partial charge in [0, 0.05) is 24.6 Å². The second kappa shape index (κ2) is 6.07. The van der Waals surface area contributed by atoms with Crippen LogP contribution >= 0.6 is 0 Å². The van der Waals surface area contributed by atoms with Crippen molar-refractivity contribution in [1.82, 2.24) is 4.90 Å². The van der Waals surface area contributed by atoms with Crippen LogP contribution in [0.3, 0.4) is 0 Å². The number of halogens is 2. The summed E-state index contributed by atoms with van der Waals surface area (Å²) in [5, 5.41) is 0. The molecule has 2 saturated heterocycles. The van der Waals surface area contributed by atoms with Gasteiger partial charge in [-0.25, -0.2) is 8.78 Å². The van der Waals surface area contributed by atoms with E-state index in [1.807, 2.05) is 0 Å². The minimum absolute atomic E-state index is 0.162. The van der Waals surface area contributed by atoms with E-state index in [4.69, 9.17) is 9.47 Å². The smallest absolute Gasteiger partial charge is 0.253 e. The first-order valence-corrected chi connectivity index (χ1v) is 7.12. The van der Waals surface area contributed by atoms with Gasteiger partial charge in [0.15, 0.2) is 17.9 Å². The highest BCUT2D eigenvalue weighted by molar-refractivity contribution is 5.94. The van der Waals surface area contributed by atoms with Crippen LogP contribution in [-0.2, 0) is 9.47 Å². The molecule has 114 valence electrons. The fourth-order valence-corrected chi connectivity index (χ4v) is 2.84. The Labute approximate surface area is 121 Å². The van der Waals surface area contributed by atoms with E-state index in [1.54, 1.807) is 4.90 Å². The molecular weight excluding hydrogens is 280 g/mol. The number of hydrogen-bond acceptors (Lipinski definition) is 3. The fourth-order valence-electron chi connectivity index (χ4n) is 2.84. The molecule has 2 heterocycles. The van der Waals surface area contributed by atoms with Crippen molar-refractivity contribution in [2.45, 2.75) is 19.1 Å². The van der Waals surface area contributed by atoms with E-state index in [0.717, 1.165) is 25.0 Å². The zero-order chi connectivity index (χ0) is 14.8. The van der Waals surface area contributed by atoms with E-state index in [-0.39, 0.29) is 17.8 Å². The summed E-state index contributed by atoms with van der Waals surface area (Å²) < 4.78 is 37.1. The number of piperidine rings is 1. The van der Waals surface area contributed by atoms with Gasteiger partial charge >= 0.3 is 0 Å². The number of carbonyl (C=O) groups excluding carboxylic acids is 1. The van der Waals surface area contributed by atoms with Gasteiger partial charge in [0.2, 0.25) is 0 Å². The van der Waals surface area contributed by atoms with E-state index >= 15 is 0 Å². The molecule has 2 aliphatic rings. The Kier molecular flexibility index (Phi) is 4.17. The van der Waals surface area contributed by atoms with Crippen LogP contribution in [0.4, 0.5) is 8.78 Å². The first-order valence-electron chi connectivity index (χ1n) is 7.12. The maximum atomic E-state index is 13.2. The van der Waals surface area contributed by atoms with Crippen molar-refractivity contribution in [3.8, 4) is 0 Å². The highest BCUT2D eigenvalue weighted by Gasteiger charge is 2.32. The molecule has 0 aliphatic carbocycles. The lowest BCUT2D eigenvalue weighted by atomic mass is 9.95. The molecule has 1 aromatic carbocycles. The van der Waals surface area contributed by atoms with E-state index in [1.165, 1.54) is 6.07 Å². The Morgan fingerprint density at radius 1 is 1.10 bits per heavy atom. The fraction of sp³-hybridized carbons (Fsp3) is 0.533. The van der Waals surface area contributed by atoms with Gasteiger partial charge in [-0.15, -0.1) is 0 Å². The molecule has 0 radical (unpaired) electrons. The molecule has 0 spiro atoms. The van der Waals surface area contributed by atoms with Crippen molar-refractivity contribution < 1.29 is 23.0 Å². The predicted molar refractivity (Wildman–Crippen MR) is 70.7 cm³/mol. The summed E-state index contributed by atoms with van der Waals surface area (Å²) in [6.45, 7) is 2.40. The lowest BCUT2D eigenvalue weighted by molar-refractivity contribution is -0.0956. The third-order valence-electron chi connectivity index (χ3n) is 4.03. The maximum Gasteiger partial charge on any atom is 0.253 e. The van der Waals surface area contributed by atoms with Gasteiger partial charge in [0.25, 0.3) is 5.91 Å². The van der Waals surface area contributed by atoms with Crippen LogP contribution in [0.5, 0.6) is 0 Å². The monoisotopic (exact) mass is 297 g/mol. The molecule has 0 unspecified atom stereocenters. The standard InChI is InChI=1S/C15H17F2NO3/c16-12-2-1-11(9-13(12)17)14(19)18-5-3-10(4-6-18)15-20-7-8-21-15/h1-2,9-10,15H,3-8H2. The number of ether oxygens (including phenoxy) is 2. The summed E-state index contributed by atoms with van der Waals surface area (Å²) in [5.74, 6) is -1.91. The summed E-state index contributed by atoms with van der Waals surface area (Å²) in [6.07, 6.45) is 1.42. The van der Waals surface area contributed by atoms with Gasteiger partial charge in [-0.05, 0) is 31.0 Å². The van der Waals surface area contributed by atoms with Gasteiger partial charge in [0.1, 0.15) is 0 Å². The van der Waals surface area contributed by atoms with Crippen molar-refractivity contribution >= 4 is 5.91 Å². The topological polar surface area (TPSA) is 38.8 Å². The van der Waals surface area contributed by atoms with E-state index in [2.05, 4.69) is 0 Å². The first-order chi connectivity index (χ1) is 10.1. The van der Waals surface area contributed by atoms with E-state index < -0.39 is 11.6 Å². The Hall–Kier alpha value is -1.53. The van der Waals surface area contributed by atoms with Gasteiger partial charge in [-0.1, -0.05) is 0 Å². The SMILES string of the molecule is O=C(c1ccc(F)c(F)c1)N1CCC(C2OCCO2)CC1. The molecule has 0 N–H and O–H groups in total. The van der Waals surface area contributed by atoms with Crippen molar-refractivity contribution in [2.75, 3.05) is 26.3 Å². The number of benzene rings is 1. The lowest BCUT2D eigenvalue weighted by Gasteiger charge is -2.33. The Balaban J connectivity index is 1.60. The maximum absolute atomic E-state index is 13.2. The molecule has 2 aliphatic heterocycles. The number of nitrogens with zero attached hydrogens (tertiary/aromatic N) is 1. The molecule has 0 saturated carbocycles. The highest BCUT2D eigenvalue weighted by atomic mass is 19.2. The minimum atomic E-state index is -0.997. The van der Waals surface area contributed by atoms with Gasteiger partial charge in [0.05, 0.1) is 13.2 Å². The summed E-state index contributed by atoms with van der Waals surface area (Å²) >= 11 is 0. The second-order valence-electron chi connectivity index (χ2n) is 5.37. The average molecular weight is 297 g/mol. The molecule has 4 nitrogen and oxygen atoms in total. The number of rotatable bonds is 2. The molecular formula is C15H17F2NO3. The van der Waals surface area contributed by atoms with Crippen molar-refractivity contribution in [2.24, 2.45) is 5.92 Å². The van der Waals surface area contributed by atoms with Crippen LogP contribution in [0.2, 0.25) is 0 Å². The summed E-state index contributed by atoms with van der Waals surface area (Å²) in [6, 6.07) is 3.25. The Morgan fingerprint density at radius 2 is 1.76 bits per heavy atom. The van der Waals surface area contributed by atoms with Crippen LogP contribution in [-0.4, -0.2) is 43.4 Å². The molecule has 1 amide bonds. The first kappa shape index (κ1) is 14.4. The van der Waals surface area contributed by atoms with Crippen molar-refractivity contribution in [3.63, 3.8) is 0 Å². The third-order valence-corrected chi connectivity index (χ3v) is 4.03. The third kappa shape index (κ3) is 3.06. The molecule has 21 heavy (non-hydrogen) atoms. The number of carbonyl (C=O) groups is 1. The Bertz CT molecular complexity index is 524. The molecule has 3 rings (SSSR count). The zero-order valence-electron chi connectivity index (χ0n) is 11.6. The zero-order valence-corrected chi connectivity index (χ0v) is 11.6. The number of likely N-dealkylation sites (tertiary alicyclic amines) is 1. The quantitative estimate of drug-likeness (QED) is 0.840. The lowest BCUT2D eigenvalue weighted by Crippen LogP contribution is -2.41. The van der Waals surface area contributed by atoms with Crippen molar-refractivity contribution in [1.29, 1.82) is 0 Å². The van der Waals surface area contributed by atoms with Crippen LogP contribution in [0.15, 0.2) is 18.2 Å². The normalized spacial score (nSPS) is 21.0.